The number of likely N-dealkylation sites (tertiary alicyclic amines) is 1. The van der Waals surface area contributed by atoms with Crippen LogP contribution in [0.25, 0.3) is 0 Å². The predicted molar refractivity (Wildman–Crippen MR) is 84.0 cm³/mol. The molecule has 1 aliphatic rings. The van der Waals surface area contributed by atoms with Gasteiger partial charge in [-0.15, -0.1) is 0 Å². The Labute approximate surface area is 127 Å². The molecule has 1 saturated heterocycles. The predicted octanol–water partition coefficient (Wildman–Crippen LogP) is 2.94. The monoisotopic (exact) mass is 290 g/mol. The summed E-state index contributed by atoms with van der Waals surface area (Å²) in [4.78, 5) is 13.9. The van der Waals surface area contributed by atoms with Crippen LogP contribution in [0.1, 0.15) is 38.3 Å². The number of rotatable bonds is 3. The fourth-order valence-electron chi connectivity index (χ4n) is 2.64. The second-order valence-corrected chi connectivity index (χ2v) is 6.81. The first-order valence-corrected chi connectivity index (χ1v) is 7.63. The molecule has 0 aliphatic carbocycles. The number of benzene rings is 1. The van der Waals surface area contributed by atoms with E-state index >= 15 is 0 Å². The van der Waals surface area contributed by atoms with Crippen molar-refractivity contribution in [3.8, 4) is 0 Å². The molecule has 4 heteroatoms. The Bertz CT molecular complexity index is 477. The van der Waals surface area contributed by atoms with Crippen molar-refractivity contribution in [2.24, 2.45) is 11.7 Å². The molecule has 2 rings (SSSR count). The van der Waals surface area contributed by atoms with Gasteiger partial charge in [-0.05, 0) is 50.7 Å². The van der Waals surface area contributed by atoms with E-state index in [9.17, 15) is 4.79 Å². The minimum absolute atomic E-state index is 0.191. The number of hydrogen-bond donors (Lipinski definition) is 1. The van der Waals surface area contributed by atoms with Crippen molar-refractivity contribution < 1.29 is 9.53 Å². The molecule has 0 radical (unpaired) electrons. The van der Waals surface area contributed by atoms with Crippen LogP contribution < -0.4 is 5.73 Å². The molecule has 21 heavy (non-hydrogen) atoms. The van der Waals surface area contributed by atoms with Crippen molar-refractivity contribution in [1.29, 1.82) is 0 Å². The zero-order chi connectivity index (χ0) is 15.5. The Morgan fingerprint density at radius 2 is 1.90 bits per heavy atom. The van der Waals surface area contributed by atoms with E-state index in [1.54, 1.807) is 0 Å². The van der Waals surface area contributed by atoms with Crippen LogP contribution in [0.4, 0.5) is 4.79 Å². The maximum Gasteiger partial charge on any atom is 0.410 e. The van der Waals surface area contributed by atoms with Gasteiger partial charge in [0.15, 0.2) is 0 Å². The minimum atomic E-state index is -0.423. The van der Waals surface area contributed by atoms with Crippen LogP contribution in [-0.2, 0) is 17.7 Å². The summed E-state index contributed by atoms with van der Waals surface area (Å²) in [5, 5.41) is 0. The Hall–Kier alpha value is -1.55. The van der Waals surface area contributed by atoms with E-state index in [1.807, 2.05) is 25.7 Å². The second-order valence-electron chi connectivity index (χ2n) is 6.81. The number of carbonyl (C=O) groups excluding carboxylic acids is 1. The summed E-state index contributed by atoms with van der Waals surface area (Å²) in [6.45, 7) is 7.86. The Kier molecular flexibility index (Phi) is 4.88. The van der Waals surface area contributed by atoms with Crippen LogP contribution in [-0.4, -0.2) is 29.7 Å². The average molecular weight is 290 g/mol. The molecule has 0 saturated carbocycles. The molecule has 1 aliphatic heterocycles. The van der Waals surface area contributed by atoms with Gasteiger partial charge in [0.05, 0.1) is 0 Å². The summed E-state index contributed by atoms with van der Waals surface area (Å²) < 4.78 is 5.42. The third kappa shape index (κ3) is 4.74. The molecule has 0 aromatic heterocycles. The zero-order valence-electron chi connectivity index (χ0n) is 13.3. The van der Waals surface area contributed by atoms with Crippen molar-refractivity contribution >= 4 is 6.09 Å². The lowest BCUT2D eigenvalue weighted by Gasteiger charge is -2.24. The number of carbonyl (C=O) groups is 1. The molecule has 1 unspecified atom stereocenters. The molecule has 1 atom stereocenters. The van der Waals surface area contributed by atoms with Crippen molar-refractivity contribution in [3.63, 3.8) is 0 Å². The van der Waals surface area contributed by atoms with E-state index in [2.05, 4.69) is 24.3 Å². The van der Waals surface area contributed by atoms with Crippen LogP contribution in [0.15, 0.2) is 24.3 Å². The van der Waals surface area contributed by atoms with Gasteiger partial charge in [0.2, 0.25) is 0 Å². The molecule has 1 aromatic rings. The van der Waals surface area contributed by atoms with Gasteiger partial charge in [0, 0.05) is 19.6 Å². The van der Waals surface area contributed by atoms with Crippen molar-refractivity contribution in [3.05, 3.63) is 35.4 Å². The van der Waals surface area contributed by atoms with Crippen LogP contribution >= 0.6 is 0 Å². The normalized spacial score (nSPS) is 18.9. The quantitative estimate of drug-likeness (QED) is 0.931. The molecular formula is C17H26N2O2. The molecule has 0 bridgehead atoms. The maximum atomic E-state index is 12.0. The Morgan fingerprint density at radius 1 is 1.29 bits per heavy atom. The van der Waals surface area contributed by atoms with Gasteiger partial charge >= 0.3 is 6.09 Å². The van der Waals surface area contributed by atoms with Crippen molar-refractivity contribution in [2.45, 2.75) is 45.8 Å². The highest BCUT2D eigenvalue weighted by atomic mass is 16.6. The number of nitrogens with two attached hydrogens (primary N) is 1. The van der Waals surface area contributed by atoms with Crippen LogP contribution in [0.3, 0.4) is 0 Å². The van der Waals surface area contributed by atoms with E-state index in [0.29, 0.717) is 12.5 Å². The van der Waals surface area contributed by atoms with Crippen LogP contribution in [0.5, 0.6) is 0 Å². The van der Waals surface area contributed by atoms with E-state index < -0.39 is 5.60 Å². The topological polar surface area (TPSA) is 55.6 Å². The highest BCUT2D eigenvalue weighted by Crippen LogP contribution is 2.23. The van der Waals surface area contributed by atoms with Crippen molar-refractivity contribution in [2.75, 3.05) is 13.1 Å². The summed E-state index contributed by atoms with van der Waals surface area (Å²) in [6.07, 6.45) is 1.85. The number of nitrogens with zero attached hydrogens (tertiary/aromatic N) is 1. The molecular weight excluding hydrogens is 264 g/mol. The molecule has 2 N–H and O–H groups in total. The van der Waals surface area contributed by atoms with Gasteiger partial charge in [0.25, 0.3) is 0 Å². The van der Waals surface area contributed by atoms with E-state index in [1.165, 1.54) is 5.56 Å². The van der Waals surface area contributed by atoms with Gasteiger partial charge in [-0.2, -0.15) is 0 Å². The summed E-state index contributed by atoms with van der Waals surface area (Å²) in [5.41, 5.74) is 7.65. The number of amides is 1. The Balaban J connectivity index is 1.86. The lowest BCUT2D eigenvalue weighted by molar-refractivity contribution is 0.0288. The smallest absolute Gasteiger partial charge is 0.410 e. The van der Waals surface area contributed by atoms with E-state index in [4.69, 9.17) is 10.5 Å². The maximum absolute atomic E-state index is 12.0. The molecule has 1 amide bonds. The molecule has 1 heterocycles. The molecule has 0 spiro atoms. The Morgan fingerprint density at radius 3 is 2.48 bits per heavy atom. The first-order valence-electron chi connectivity index (χ1n) is 7.63. The van der Waals surface area contributed by atoms with E-state index in [-0.39, 0.29) is 6.09 Å². The summed E-state index contributed by atoms with van der Waals surface area (Å²) in [7, 11) is 0. The SMILES string of the molecule is CC(C)(C)OC(=O)N1CCC(Cc2ccc(CN)cc2)C1. The zero-order valence-corrected chi connectivity index (χ0v) is 13.3. The van der Waals surface area contributed by atoms with Crippen molar-refractivity contribution in [1.82, 2.24) is 4.90 Å². The summed E-state index contributed by atoms with van der Waals surface area (Å²) in [5.74, 6) is 0.515. The highest BCUT2D eigenvalue weighted by molar-refractivity contribution is 5.68. The third-order valence-corrected chi connectivity index (χ3v) is 3.72. The lowest BCUT2D eigenvalue weighted by Crippen LogP contribution is -2.35. The fourth-order valence-corrected chi connectivity index (χ4v) is 2.64. The largest absolute Gasteiger partial charge is 0.444 e. The fraction of sp³-hybridized carbons (Fsp3) is 0.588. The molecule has 1 aromatic carbocycles. The van der Waals surface area contributed by atoms with Gasteiger partial charge in [-0.3, -0.25) is 0 Å². The second kappa shape index (κ2) is 6.48. The minimum Gasteiger partial charge on any atom is -0.444 e. The first kappa shape index (κ1) is 15.8. The highest BCUT2D eigenvalue weighted by Gasteiger charge is 2.29. The van der Waals surface area contributed by atoms with Gasteiger partial charge in [-0.1, -0.05) is 24.3 Å². The number of hydrogen-bond acceptors (Lipinski definition) is 3. The van der Waals surface area contributed by atoms with Gasteiger partial charge < -0.3 is 15.4 Å². The third-order valence-electron chi connectivity index (χ3n) is 3.72. The molecule has 1 fully saturated rings. The van der Waals surface area contributed by atoms with Crippen LogP contribution in [0.2, 0.25) is 0 Å². The molecule has 4 nitrogen and oxygen atoms in total. The first-order chi connectivity index (χ1) is 9.87. The summed E-state index contributed by atoms with van der Waals surface area (Å²) in [6, 6.07) is 8.43. The molecule has 116 valence electrons. The lowest BCUT2D eigenvalue weighted by atomic mass is 9.98. The van der Waals surface area contributed by atoms with Gasteiger partial charge in [-0.25, -0.2) is 4.79 Å². The number of ether oxygens (including phenoxy) is 1. The summed E-state index contributed by atoms with van der Waals surface area (Å²) >= 11 is 0. The average Bonchev–Trinajstić information content (AvgIpc) is 2.86. The standard InChI is InChI=1S/C17H26N2O2/c1-17(2,3)21-16(20)19-9-8-15(12-19)10-13-4-6-14(11-18)7-5-13/h4-7,15H,8-12,18H2,1-3H3. The van der Waals surface area contributed by atoms with E-state index in [0.717, 1.165) is 31.5 Å². The van der Waals surface area contributed by atoms with Gasteiger partial charge in [0.1, 0.15) is 5.60 Å². The van der Waals surface area contributed by atoms with Crippen LogP contribution in [0, 0.1) is 5.92 Å².